The molecule has 1 aromatic heterocycles. The summed E-state index contributed by atoms with van der Waals surface area (Å²) >= 11 is 0. The second kappa shape index (κ2) is 8.32. The highest BCUT2D eigenvalue weighted by molar-refractivity contribution is 7.88. The number of amides is 1. The summed E-state index contributed by atoms with van der Waals surface area (Å²) in [4.78, 5) is 19.0. The Kier molecular flexibility index (Phi) is 6.10. The molecule has 1 N–H and O–H groups in total. The molecule has 0 atom stereocenters. The minimum Gasteiger partial charge on any atom is -0.378 e. The van der Waals surface area contributed by atoms with Crippen LogP contribution in [0.3, 0.4) is 0 Å². The van der Waals surface area contributed by atoms with Crippen molar-refractivity contribution < 1.29 is 17.9 Å². The van der Waals surface area contributed by atoms with Crippen LogP contribution in [0, 0.1) is 5.92 Å². The SMILES string of the molecule is CS(=O)(=O)N1CCC(C(=O)NCc2ccnc(N3CCOCC3)c2)CC1. The molecule has 144 valence electrons. The molecule has 2 saturated heterocycles. The van der Waals surface area contributed by atoms with Gasteiger partial charge in [-0.15, -0.1) is 0 Å². The van der Waals surface area contributed by atoms with Gasteiger partial charge in [-0.3, -0.25) is 4.79 Å². The average molecular weight is 382 g/mol. The minimum atomic E-state index is -3.16. The summed E-state index contributed by atoms with van der Waals surface area (Å²) < 4.78 is 29.9. The molecular formula is C17H26N4O4S. The maximum Gasteiger partial charge on any atom is 0.223 e. The molecule has 0 unspecified atom stereocenters. The van der Waals surface area contributed by atoms with E-state index in [2.05, 4.69) is 15.2 Å². The fourth-order valence-corrected chi connectivity index (χ4v) is 4.19. The molecule has 2 aliphatic rings. The van der Waals surface area contributed by atoms with Crippen LogP contribution in [-0.4, -0.2) is 69.3 Å². The number of nitrogens with zero attached hydrogens (tertiary/aromatic N) is 3. The first kappa shape index (κ1) is 19.1. The summed E-state index contributed by atoms with van der Waals surface area (Å²) in [5, 5.41) is 2.97. The first-order valence-corrected chi connectivity index (χ1v) is 10.8. The van der Waals surface area contributed by atoms with E-state index in [0.29, 0.717) is 45.7 Å². The fraction of sp³-hybridized carbons (Fsp3) is 0.647. The molecule has 8 nitrogen and oxygen atoms in total. The number of carbonyl (C=O) groups excluding carboxylic acids is 1. The molecule has 0 radical (unpaired) electrons. The van der Waals surface area contributed by atoms with Gasteiger partial charge in [0, 0.05) is 44.8 Å². The lowest BCUT2D eigenvalue weighted by molar-refractivity contribution is -0.126. The summed E-state index contributed by atoms with van der Waals surface area (Å²) in [7, 11) is -3.16. The predicted octanol–water partition coefficient (Wildman–Crippen LogP) is 0.206. The standard InChI is InChI=1S/C17H26N4O4S/c1-26(23,24)21-6-3-15(4-7-21)17(22)19-13-14-2-5-18-16(12-14)20-8-10-25-11-9-20/h2,5,12,15H,3-4,6-11,13H2,1H3,(H,19,22). The van der Waals surface area contributed by atoms with Crippen LogP contribution in [0.1, 0.15) is 18.4 Å². The molecule has 2 aliphatic heterocycles. The van der Waals surface area contributed by atoms with E-state index in [0.717, 1.165) is 24.5 Å². The van der Waals surface area contributed by atoms with Gasteiger partial charge in [-0.2, -0.15) is 0 Å². The lowest BCUT2D eigenvalue weighted by Crippen LogP contribution is -2.42. The fourth-order valence-electron chi connectivity index (χ4n) is 3.32. The summed E-state index contributed by atoms with van der Waals surface area (Å²) in [5.74, 6) is 0.762. The molecule has 0 aliphatic carbocycles. The van der Waals surface area contributed by atoms with Crippen molar-refractivity contribution in [1.29, 1.82) is 0 Å². The van der Waals surface area contributed by atoms with Crippen molar-refractivity contribution in [3.63, 3.8) is 0 Å². The number of aromatic nitrogens is 1. The lowest BCUT2D eigenvalue weighted by atomic mass is 9.97. The average Bonchev–Trinajstić information content (AvgIpc) is 2.66. The van der Waals surface area contributed by atoms with Crippen molar-refractivity contribution in [1.82, 2.24) is 14.6 Å². The first-order valence-electron chi connectivity index (χ1n) is 8.94. The molecule has 1 amide bonds. The van der Waals surface area contributed by atoms with Crippen molar-refractivity contribution in [2.24, 2.45) is 5.92 Å². The number of carbonyl (C=O) groups is 1. The number of pyridine rings is 1. The molecule has 3 rings (SSSR count). The van der Waals surface area contributed by atoms with E-state index in [1.54, 1.807) is 6.20 Å². The molecule has 0 bridgehead atoms. The Hall–Kier alpha value is -1.71. The van der Waals surface area contributed by atoms with E-state index < -0.39 is 10.0 Å². The van der Waals surface area contributed by atoms with Gasteiger partial charge in [-0.1, -0.05) is 0 Å². The smallest absolute Gasteiger partial charge is 0.223 e. The van der Waals surface area contributed by atoms with Crippen LogP contribution in [0.2, 0.25) is 0 Å². The minimum absolute atomic E-state index is 0.0112. The quantitative estimate of drug-likeness (QED) is 0.783. The molecule has 2 fully saturated rings. The Morgan fingerprint density at radius 2 is 1.96 bits per heavy atom. The van der Waals surface area contributed by atoms with Crippen molar-refractivity contribution in [3.05, 3.63) is 23.9 Å². The Bertz CT molecular complexity index is 726. The van der Waals surface area contributed by atoms with Crippen molar-refractivity contribution in [2.75, 3.05) is 50.5 Å². The van der Waals surface area contributed by atoms with E-state index >= 15 is 0 Å². The second-order valence-electron chi connectivity index (χ2n) is 6.78. The number of piperidine rings is 1. The normalized spacial score (nSPS) is 20.1. The zero-order chi connectivity index (χ0) is 18.6. The van der Waals surface area contributed by atoms with Gasteiger partial charge in [0.15, 0.2) is 0 Å². The van der Waals surface area contributed by atoms with Gasteiger partial charge in [0.05, 0.1) is 19.5 Å². The molecule has 9 heteroatoms. The maximum absolute atomic E-state index is 12.4. The first-order chi connectivity index (χ1) is 12.4. The molecule has 1 aromatic rings. The van der Waals surface area contributed by atoms with Crippen LogP contribution < -0.4 is 10.2 Å². The molecular weight excluding hydrogens is 356 g/mol. The highest BCUT2D eigenvalue weighted by atomic mass is 32.2. The Labute approximate surface area is 154 Å². The van der Waals surface area contributed by atoms with Gasteiger partial charge in [0.1, 0.15) is 5.82 Å². The molecule has 0 aromatic carbocycles. The summed E-state index contributed by atoms with van der Waals surface area (Å²) in [6.07, 6.45) is 4.10. The van der Waals surface area contributed by atoms with E-state index in [-0.39, 0.29) is 11.8 Å². The van der Waals surface area contributed by atoms with Crippen LogP contribution in [0.4, 0.5) is 5.82 Å². The predicted molar refractivity (Wildman–Crippen MR) is 98.3 cm³/mol. The highest BCUT2D eigenvalue weighted by Gasteiger charge is 2.28. The van der Waals surface area contributed by atoms with Crippen molar-refractivity contribution in [2.45, 2.75) is 19.4 Å². The van der Waals surface area contributed by atoms with Crippen molar-refractivity contribution in [3.8, 4) is 0 Å². The van der Waals surface area contributed by atoms with Crippen LogP contribution in [0.15, 0.2) is 18.3 Å². The van der Waals surface area contributed by atoms with Crippen LogP contribution >= 0.6 is 0 Å². The number of sulfonamides is 1. The van der Waals surface area contributed by atoms with Gasteiger partial charge < -0.3 is 15.0 Å². The van der Waals surface area contributed by atoms with Crippen LogP contribution in [0.25, 0.3) is 0 Å². The summed E-state index contributed by atoms with van der Waals surface area (Å²) in [6.45, 7) is 4.32. The molecule has 3 heterocycles. The number of hydrogen-bond donors (Lipinski definition) is 1. The summed E-state index contributed by atoms with van der Waals surface area (Å²) in [6, 6.07) is 3.90. The zero-order valence-corrected chi connectivity index (χ0v) is 15.9. The monoisotopic (exact) mass is 382 g/mol. The topological polar surface area (TPSA) is 91.8 Å². The largest absolute Gasteiger partial charge is 0.378 e. The summed E-state index contributed by atoms with van der Waals surface area (Å²) in [5.41, 5.74) is 1.00. The Balaban J connectivity index is 1.50. The van der Waals surface area contributed by atoms with E-state index in [1.807, 2.05) is 12.1 Å². The van der Waals surface area contributed by atoms with Crippen LogP contribution in [-0.2, 0) is 26.1 Å². The van der Waals surface area contributed by atoms with E-state index in [4.69, 9.17) is 4.74 Å². The number of ether oxygens (including phenoxy) is 1. The zero-order valence-electron chi connectivity index (χ0n) is 15.1. The third-order valence-corrected chi connectivity index (χ3v) is 6.21. The molecule has 26 heavy (non-hydrogen) atoms. The number of nitrogens with one attached hydrogen (secondary N) is 1. The van der Waals surface area contributed by atoms with E-state index in [1.165, 1.54) is 10.6 Å². The molecule has 0 spiro atoms. The van der Waals surface area contributed by atoms with E-state index in [9.17, 15) is 13.2 Å². The van der Waals surface area contributed by atoms with Gasteiger partial charge in [-0.05, 0) is 30.5 Å². The second-order valence-corrected chi connectivity index (χ2v) is 8.76. The molecule has 0 saturated carbocycles. The van der Waals surface area contributed by atoms with Gasteiger partial charge >= 0.3 is 0 Å². The number of morpholine rings is 1. The number of anilines is 1. The third kappa shape index (κ3) is 4.93. The van der Waals surface area contributed by atoms with Crippen molar-refractivity contribution >= 4 is 21.7 Å². The Morgan fingerprint density at radius 1 is 1.27 bits per heavy atom. The van der Waals surface area contributed by atoms with Crippen LogP contribution in [0.5, 0.6) is 0 Å². The van der Waals surface area contributed by atoms with Gasteiger partial charge in [-0.25, -0.2) is 17.7 Å². The number of hydrogen-bond acceptors (Lipinski definition) is 6. The maximum atomic E-state index is 12.4. The third-order valence-electron chi connectivity index (χ3n) is 4.91. The lowest BCUT2D eigenvalue weighted by Gasteiger charge is -2.29. The Morgan fingerprint density at radius 3 is 2.62 bits per heavy atom. The van der Waals surface area contributed by atoms with Gasteiger partial charge in [0.2, 0.25) is 15.9 Å². The number of rotatable bonds is 5. The highest BCUT2D eigenvalue weighted by Crippen LogP contribution is 2.20. The van der Waals surface area contributed by atoms with Gasteiger partial charge in [0.25, 0.3) is 0 Å².